The van der Waals surface area contributed by atoms with Crippen LogP contribution in [0.2, 0.25) is 0 Å². The Bertz CT molecular complexity index is 925. The highest BCUT2D eigenvalue weighted by atomic mass is 16.7. The van der Waals surface area contributed by atoms with Gasteiger partial charge in [0.1, 0.15) is 0 Å². The summed E-state index contributed by atoms with van der Waals surface area (Å²) in [5, 5.41) is 13.8. The molecule has 9 nitrogen and oxygen atoms in total. The average molecular weight is 412 g/mol. The Balaban J connectivity index is 1.25. The number of hydrogen-bond donors (Lipinski definition) is 1. The number of amides is 1. The number of ether oxygens (including phenoxy) is 2. The Labute approximate surface area is 174 Å². The van der Waals surface area contributed by atoms with Gasteiger partial charge in [-0.2, -0.15) is 0 Å². The van der Waals surface area contributed by atoms with Crippen molar-refractivity contribution in [3.05, 3.63) is 58.1 Å². The first-order chi connectivity index (χ1) is 14.5. The van der Waals surface area contributed by atoms with E-state index < -0.39 is 4.92 Å². The molecule has 2 heterocycles. The Hall–Kier alpha value is -3.33. The second-order valence-corrected chi connectivity index (χ2v) is 7.44. The number of benzene rings is 2. The summed E-state index contributed by atoms with van der Waals surface area (Å²) < 4.78 is 10.7. The van der Waals surface area contributed by atoms with E-state index in [4.69, 9.17) is 9.47 Å². The molecule has 158 valence electrons. The highest BCUT2D eigenvalue weighted by Gasteiger charge is 2.21. The first kappa shape index (κ1) is 20.0. The second kappa shape index (κ2) is 8.58. The molecule has 1 atom stereocenters. The summed E-state index contributed by atoms with van der Waals surface area (Å²) in [6, 6.07) is 12.1. The number of carbonyl (C=O) groups is 1. The normalized spacial score (nSPS) is 16.9. The number of piperazine rings is 1. The van der Waals surface area contributed by atoms with Gasteiger partial charge < -0.3 is 19.7 Å². The third kappa shape index (κ3) is 4.46. The molecule has 0 saturated carbocycles. The van der Waals surface area contributed by atoms with E-state index in [-0.39, 0.29) is 24.4 Å². The maximum absolute atomic E-state index is 12.5. The van der Waals surface area contributed by atoms with Gasteiger partial charge in [-0.05, 0) is 36.8 Å². The molecule has 0 aliphatic carbocycles. The van der Waals surface area contributed by atoms with E-state index in [1.165, 1.54) is 12.1 Å². The van der Waals surface area contributed by atoms with E-state index in [9.17, 15) is 14.9 Å². The van der Waals surface area contributed by atoms with E-state index in [0.29, 0.717) is 12.3 Å². The Morgan fingerprint density at radius 2 is 1.80 bits per heavy atom. The van der Waals surface area contributed by atoms with Gasteiger partial charge in [-0.15, -0.1) is 0 Å². The van der Waals surface area contributed by atoms with Crippen LogP contribution in [0.5, 0.6) is 11.5 Å². The lowest BCUT2D eigenvalue weighted by molar-refractivity contribution is -0.384. The molecular formula is C21H24N4O5. The number of rotatable bonds is 6. The number of nitrogens with zero attached hydrogens (tertiary/aromatic N) is 3. The smallest absolute Gasteiger partial charge is 0.269 e. The number of fused-ring (bicyclic) bond motifs is 1. The van der Waals surface area contributed by atoms with Gasteiger partial charge in [-0.25, -0.2) is 0 Å². The molecule has 0 unspecified atom stereocenters. The van der Waals surface area contributed by atoms with E-state index in [0.717, 1.165) is 43.2 Å². The average Bonchev–Trinajstić information content (AvgIpc) is 3.22. The zero-order valence-corrected chi connectivity index (χ0v) is 16.7. The Morgan fingerprint density at radius 1 is 1.10 bits per heavy atom. The molecule has 2 aliphatic rings. The molecule has 1 fully saturated rings. The molecule has 1 N–H and O–H groups in total. The molecule has 2 aromatic carbocycles. The minimum absolute atomic E-state index is 0.0241. The van der Waals surface area contributed by atoms with Crippen LogP contribution in [-0.2, 0) is 4.79 Å². The summed E-state index contributed by atoms with van der Waals surface area (Å²) in [4.78, 5) is 27.2. The number of hydrogen-bond acceptors (Lipinski definition) is 7. The van der Waals surface area contributed by atoms with E-state index >= 15 is 0 Å². The van der Waals surface area contributed by atoms with Crippen LogP contribution in [0, 0.1) is 10.1 Å². The number of nitro groups is 1. The van der Waals surface area contributed by atoms with Crippen LogP contribution < -0.4 is 19.7 Å². The summed E-state index contributed by atoms with van der Waals surface area (Å²) in [7, 11) is 0. The van der Waals surface area contributed by atoms with Gasteiger partial charge >= 0.3 is 0 Å². The van der Waals surface area contributed by atoms with Crippen LogP contribution in [0.1, 0.15) is 18.5 Å². The minimum Gasteiger partial charge on any atom is -0.454 e. The highest BCUT2D eigenvalue weighted by molar-refractivity contribution is 5.78. The molecule has 9 heteroatoms. The van der Waals surface area contributed by atoms with Crippen LogP contribution >= 0.6 is 0 Å². The largest absolute Gasteiger partial charge is 0.454 e. The molecule has 0 spiro atoms. The second-order valence-electron chi connectivity index (χ2n) is 7.44. The zero-order chi connectivity index (χ0) is 21.1. The summed E-state index contributed by atoms with van der Waals surface area (Å²) >= 11 is 0. The van der Waals surface area contributed by atoms with Gasteiger partial charge in [0.2, 0.25) is 12.7 Å². The standard InChI is InChI=1S/C21H24N4O5/c1-15(16-2-7-19-20(12-16)30-14-29-19)22-21(26)13-23-8-10-24(11-9-23)17-3-5-18(6-4-17)25(27)28/h2-7,12,15H,8-11,13-14H2,1H3,(H,22,26)/t15-/m1/s1. The monoisotopic (exact) mass is 412 g/mol. The molecule has 4 rings (SSSR count). The molecule has 0 bridgehead atoms. The fourth-order valence-corrected chi connectivity index (χ4v) is 3.71. The number of anilines is 1. The third-order valence-corrected chi connectivity index (χ3v) is 5.44. The van der Waals surface area contributed by atoms with Gasteiger partial charge in [0, 0.05) is 44.0 Å². The van der Waals surface area contributed by atoms with Crippen molar-refractivity contribution in [3.8, 4) is 11.5 Å². The van der Waals surface area contributed by atoms with Gasteiger partial charge in [0.15, 0.2) is 11.5 Å². The molecule has 30 heavy (non-hydrogen) atoms. The zero-order valence-electron chi connectivity index (χ0n) is 16.7. The van der Waals surface area contributed by atoms with Crippen molar-refractivity contribution in [1.82, 2.24) is 10.2 Å². The van der Waals surface area contributed by atoms with Crippen molar-refractivity contribution < 1.29 is 19.2 Å². The van der Waals surface area contributed by atoms with Crippen molar-refractivity contribution in [2.24, 2.45) is 0 Å². The van der Waals surface area contributed by atoms with Crippen molar-refractivity contribution in [3.63, 3.8) is 0 Å². The van der Waals surface area contributed by atoms with Crippen LogP contribution in [0.25, 0.3) is 0 Å². The maximum atomic E-state index is 12.5. The van der Waals surface area contributed by atoms with E-state index in [2.05, 4.69) is 15.1 Å². The summed E-state index contributed by atoms with van der Waals surface area (Å²) in [6.45, 7) is 5.55. The van der Waals surface area contributed by atoms with Crippen LogP contribution in [0.4, 0.5) is 11.4 Å². The van der Waals surface area contributed by atoms with Gasteiger partial charge in [-0.1, -0.05) is 6.07 Å². The lowest BCUT2D eigenvalue weighted by Gasteiger charge is -2.35. The first-order valence-electron chi connectivity index (χ1n) is 9.90. The Morgan fingerprint density at radius 3 is 2.50 bits per heavy atom. The number of nitro benzene ring substituents is 1. The quantitative estimate of drug-likeness (QED) is 0.574. The number of nitrogens with one attached hydrogen (secondary N) is 1. The lowest BCUT2D eigenvalue weighted by atomic mass is 10.1. The van der Waals surface area contributed by atoms with Gasteiger partial charge in [0.25, 0.3) is 5.69 Å². The molecule has 2 aromatic rings. The SMILES string of the molecule is C[C@@H](NC(=O)CN1CCN(c2ccc([N+](=O)[O-])cc2)CC1)c1ccc2c(c1)OCO2. The van der Waals surface area contributed by atoms with Crippen molar-refractivity contribution in [1.29, 1.82) is 0 Å². The molecule has 0 aromatic heterocycles. The van der Waals surface area contributed by atoms with Crippen molar-refractivity contribution in [2.75, 3.05) is 44.4 Å². The van der Waals surface area contributed by atoms with Crippen LogP contribution in [0.15, 0.2) is 42.5 Å². The Kier molecular flexibility index (Phi) is 5.71. The fourth-order valence-electron chi connectivity index (χ4n) is 3.71. The molecule has 1 saturated heterocycles. The summed E-state index contributed by atoms with van der Waals surface area (Å²) in [5.74, 6) is 1.41. The van der Waals surface area contributed by atoms with E-state index in [1.807, 2.05) is 25.1 Å². The maximum Gasteiger partial charge on any atom is 0.269 e. The summed E-state index contributed by atoms with van der Waals surface area (Å²) in [6.07, 6.45) is 0. The lowest BCUT2D eigenvalue weighted by Crippen LogP contribution is -2.49. The predicted octanol–water partition coefficient (Wildman–Crippen LogP) is 2.32. The van der Waals surface area contributed by atoms with Crippen molar-refractivity contribution >= 4 is 17.3 Å². The van der Waals surface area contributed by atoms with Gasteiger partial charge in [-0.3, -0.25) is 19.8 Å². The molecule has 2 aliphatic heterocycles. The van der Waals surface area contributed by atoms with Gasteiger partial charge in [0.05, 0.1) is 17.5 Å². The van der Waals surface area contributed by atoms with Crippen molar-refractivity contribution in [2.45, 2.75) is 13.0 Å². The van der Waals surface area contributed by atoms with Crippen LogP contribution in [0.3, 0.4) is 0 Å². The summed E-state index contributed by atoms with van der Waals surface area (Å²) in [5.41, 5.74) is 2.02. The highest BCUT2D eigenvalue weighted by Crippen LogP contribution is 2.34. The van der Waals surface area contributed by atoms with E-state index in [1.54, 1.807) is 12.1 Å². The molecule has 1 amide bonds. The third-order valence-electron chi connectivity index (χ3n) is 5.44. The van der Waals surface area contributed by atoms with Crippen LogP contribution in [-0.4, -0.2) is 55.2 Å². The molecule has 0 radical (unpaired) electrons. The minimum atomic E-state index is -0.398. The predicted molar refractivity (Wildman–Crippen MR) is 111 cm³/mol. The topological polar surface area (TPSA) is 97.2 Å². The molecular weight excluding hydrogens is 388 g/mol. The fraction of sp³-hybridized carbons (Fsp3) is 0.381. The number of carbonyl (C=O) groups excluding carboxylic acids is 1. The first-order valence-corrected chi connectivity index (χ1v) is 9.90. The number of non-ortho nitro benzene ring substituents is 1.